The number of thioether (sulfide) groups is 1. The van der Waals surface area contributed by atoms with Gasteiger partial charge in [-0.25, -0.2) is 0 Å². The highest BCUT2D eigenvalue weighted by molar-refractivity contribution is 7.99. The number of hydrogen-bond donors (Lipinski definition) is 1. The van der Waals surface area contributed by atoms with E-state index >= 15 is 0 Å². The van der Waals surface area contributed by atoms with Crippen LogP contribution in [0.15, 0.2) is 59.5 Å². The van der Waals surface area contributed by atoms with Gasteiger partial charge in [-0.1, -0.05) is 41.9 Å². The second kappa shape index (κ2) is 10.7. The third-order valence-electron chi connectivity index (χ3n) is 4.26. The number of carbonyl (C=O) groups is 2. The molecule has 0 fully saturated rings. The van der Waals surface area contributed by atoms with Crippen molar-refractivity contribution in [3.8, 4) is 0 Å². The Kier molecular flexibility index (Phi) is 8.60. The minimum Gasteiger partial charge on any atom is -0.350 e. The van der Waals surface area contributed by atoms with Gasteiger partial charge in [-0.15, -0.1) is 11.8 Å². The van der Waals surface area contributed by atoms with Gasteiger partial charge < -0.3 is 10.2 Å². The zero-order valence-electron chi connectivity index (χ0n) is 17.4. The molecule has 0 spiro atoms. The predicted molar refractivity (Wildman–Crippen MR) is 121 cm³/mol. The lowest BCUT2D eigenvalue weighted by atomic mass is 10.1. The molecule has 156 valence electrons. The van der Waals surface area contributed by atoms with Gasteiger partial charge in [0.05, 0.1) is 0 Å². The van der Waals surface area contributed by atoms with Gasteiger partial charge in [0.1, 0.15) is 6.04 Å². The first-order chi connectivity index (χ1) is 13.7. The maximum Gasteiger partial charge on any atom is 0.242 e. The van der Waals surface area contributed by atoms with Gasteiger partial charge in [-0.3, -0.25) is 9.59 Å². The molecule has 0 aliphatic carbocycles. The summed E-state index contributed by atoms with van der Waals surface area (Å²) < 4.78 is 0. The highest BCUT2D eigenvalue weighted by atomic mass is 35.5. The van der Waals surface area contributed by atoms with Crippen LogP contribution >= 0.6 is 23.4 Å². The van der Waals surface area contributed by atoms with E-state index in [2.05, 4.69) is 5.32 Å². The number of carbonyl (C=O) groups excluding carboxylic acids is 2. The number of rotatable bonds is 8. The molecule has 0 radical (unpaired) electrons. The van der Waals surface area contributed by atoms with Crippen LogP contribution in [0.3, 0.4) is 0 Å². The zero-order valence-corrected chi connectivity index (χ0v) is 19.0. The largest absolute Gasteiger partial charge is 0.350 e. The number of hydrogen-bond acceptors (Lipinski definition) is 3. The second-order valence-electron chi connectivity index (χ2n) is 7.97. The molecule has 0 heterocycles. The number of benzene rings is 2. The van der Waals surface area contributed by atoms with Crippen molar-refractivity contribution >= 4 is 35.2 Å². The van der Waals surface area contributed by atoms with Crippen LogP contribution in [0.2, 0.25) is 5.02 Å². The van der Waals surface area contributed by atoms with E-state index < -0.39 is 6.04 Å². The lowest BCUT2D eigenvalue weighted by Crippen LogP contribution is -2.52. The average Bonchev–Trinajstić information content (AvgIpc) is 2.66. The molecule has 2 amide bonds. The highest BCUT2D eigenvalue weighted by Crippen LogP contribution is 2.22. The van der Waals surface area contributed by atoms with E-state index in [9.17, 15) is 9.59 Å². The molecule has 0 saturated heterocycles. The van der Waals surface area contributed by atoms with E-state index in [1.165, 1.54) is 0 Å². The SMILES string of the molecule is CC(C(=O)NC(C)(C)C)N(Cc1ccccc1)C(=O)CCSc1ccc(Cl)cc1. The van der Waals surface area contributed by atoms with Crippen LogP contribution in [0.4, 0.5) is 0 Å². The minimum atomic E-state index is -0.553. The lowest BCUT2D eigenvalue weighted by Gasteiger charge is -2.31. The molecule has 0 aliphatic heterocycles. The van der Waals surface area contributed by atoms with Crippen LogP contribution in [-0.2, 0) is 16.1 Å². The molecule has 0 saturated carbocycles. The summed E-state index contributed by atoms with van der Waals surface area (Å²) in [4.78, 5) is 28.4. The maximum absolute atomic E-state index is 13.0. The summed E-state index contributed by atoms with van der Waals surface area (Å²) in [5.41, 5.74) is 0.652. The van der Waals surface area contributed by atoms with Crippen molar-refractivity contribution < 1.29 is 9.59 Å². The molecule has 0 aliphatic rings. The first kappa shape index (κ1) is 23.3. The van der Waals surface area contributed by atoms with Crippen LogP contribution in [-0.4, -0.2) is 34.0 Å². The monoisotopic (exact) mass is 432 g/mol. The van der Waals surface area contributed by atoms with Crippen LogP contribution in [0.25, 0.3) is 0 Å². The normalized spacial score (nSPS) is 12.3. The van der Waals surface area contributed by atoms with E-state index in [1.807, 2.05) is 75.4 Å². The Morgan fingerprint density at radius 2 is 1.69 bits per heavy atom. The number of amides is 2. The molecule has 2 rings (SSSR count). The zero-order chi connectivity index (χ0) is 21.4. The Balaban J connectivity index is 2.05. The van der Waals surface area contributed by atoms with Crippen molar-refractivity contribution in [3.63, 3.8) is 0 Å². The van der Waals surface area contributed by atoms with Crippen LogP contribution in [0.1, 0.15) is 39.7 Å². The summed E-state index contributed by atoms with van der Waals surface area (Å²) in [6.07, 6.45) is 0.354. The maximum atomic E-state index is 13.0. The minimum absolute atomic E-state index is 0.0353. The number of nitrogens with zero attached hydrogens (tertiary/aromatic N) is 1. The fourth-order valence-electron chi connectivity index (χ4n) is 2.77. The molecule has 4 nitrogen and oxygen atoms in total. The predicted octanol–water partition coefficient (Wildman–Crippen LogP) is 5.15. The molecule has 2 aromatic carbocycles. The summed E-state index contributed by atoms with van der Waals surface area (Å²) >= 11 is 7.52. The molecular weight excluding hydrogens is 404 g/mol. The van der Waals surface area contributed by atoms with Crippen molar-refractivity contribution in [2.45, 2.75) is 57.1 Å². The van der Waals surface area contributed by atoms with E-state index in [4.69, 9.17) is 11.6 Å². The summed E-state index contributed by atoms with van der Waals surface area (Å²) in [6.45, 7) is 8.00. The summed E-state index contributed by atoms with van der Waals surface area (Å²) in [5.74, 6) is 0.457. The van der Waals surface area contributed by atoms with Crippen LogP contribution < -0.4 is 5.32 Å². The van der Waals surface area contributed by atoms with Crippen LogP contribution in [0, 0.1) is 0 Å². The third-order valence-corrected chi connectivity index (χ3v) is 5.53. The van der Waals surface area contributed by atoms with Gasteiger partial charge in [0.15, 0.2) is 0 Å². The summed E-state index contributed by atoms with van der Waals surface area (Å²) in [5, 5.41) is 3.67. The molecule has 29 heavy (non-hydrogen) atoms. The van der Waals surface area contributed by atoms with Crippen molar-refractivity contribution in [2.24, 2.45) is 0 Å². The van der Waals surface area contributed by atoms with Gasteiger partial charge >= 0.3 is 0 Å². The summed E-state index contributed by atoms with van der Waals surface area (Å²) in [6, 6.07) is 16.8. The molecule has 0 aromatic heterocycles. The van der Waals surface area contributed by atoms with Gasteiger partial charge in [0.2, 0.25) is 11.8 Å². The van der Waals surface area contributed by atoms with Gasteiger partial charge in [0, 0.05) is 34.2 Å². The van der Waals surface area contributed by atoms with E-state index in [-0.39, 0.29) is 17.4 Å². The van der Waals surface area contributed by atoms with Gasteiger partial charge in [-0.2, -0.15) is 0 Å². The first-order valence-corrected chi connectivity index (χ1v) is 11.1. The molecule has 2 aromatic rings. The van der Waals surface area contributed by atoms with Gasteiger partial charge in [0.25, 0.3) is 0 Å². The van der Waals surface area contributed by atoms with E-state index in [0.29, 0.717) is 23.7 Å². The molecule has 1 unspecified atom stereocenters. The number of halogens is 1. The Hall–Kier alpha value is -1.98. The first-order valence-electron chi connectivity index (χ1n) is 9.69. The fraction of sp³-hybridized carbons (Fsp3) is 0.391. The quantitative estimate of drug-likeness (QED) is 0.586. The van der Waals surface area contributed by atoms with Crippen molar-refractivity contribution in [1.29, 1.82) is 0 Å². The topological polar surface area (TPSA) is 49.4 Å². The van der Waals surface area contributed by atoms with Crippen molar-refractivity contribution in [2.75, 3.05) is 5.75 Å². The molecule has 6 heteroatoms. The number of nitrogens with one attached hydrogen (secondary N) is 1. The third kappa shape index (κ3) is 8.11. The standard InChI is InChI=1S/C23H29ClN2O2S/c1-17(22(28)25-23(2,3)4)26(16-18-8-6-5-7-9-18)21(27)14-15-29-20-12-10-19(24)11-13-20/h5-13,17H,14-16H2,1-4H3,(H,25,28). The molecule has 0 bridgehead atoms. The Labute approximate surface area is 183 Å². The molecule has 1 atom stereocenters. The van der Waals surface area contributed by atoms with E-state index in [1.54, 1.807) is 23.6 Å². The lowest BCUT2D eigenvalue weighted by molar-refractivity contribution is -0.140. The van der Waals surface area contributed by atoms with E-state index in [0.717, 1.165) is 10.5 Å². The molecular formula is C23H29ClN2O2S. The Morgan fingerprint density at radius 3 is 2.28 bits per heavy atom. The van der Waals surface area contributed by atoms with Crippen molar-refractivity contribution in [1.82, 2.24) is 10.2 Å². The van der Waals surface area contributed by atoms with Crippen molar-refractivity contribution in [3.05, 3.63) is 65.2 Å². The smallest absolute Gasteiger partial charge is 0.242 e. The average molecular weight is 433 g/mol. The van der Waals surface area contributed by atoms with Gasteiger partial charge in [-0.05, 0) is 57.5 Å². The Morgan fingerprint density at radius 1 is 1.07 bits per heavy atom. The summed E-state index contributed by atoms with van der Waals surface area (Å²) in [7, 11) is 0. The van der Waals surface area contributed by atoms with Crippen LogP contribution in [0.5, 0.6) is 0 Å². The molecule has 1 N–H and O–H groups in total. The fourth-order valence-corrected chi connectivity index (χ4v) is 3.73. The second-order valence-corrected chi connectivity index (χ2v) is 9.58. The Bertz CT molecular complexity index is 804. The highest BCUT2D eigenvalue weighted by Gasteiger charge is 2.28.